The van der Waals surface area contributed by atoms with Crippen molar-refractivity contribution in [1.29, 1.82) is 0 Å². The van der Waals surface area contributed by atoms with Crippen molar-refractivity contribution < 1.29 is 9.26 Å². The van der Waals surface area contributed by atoms with Crippen molar-refractivity contribution in [1.82, 2.24) is 34.6 Å². The Balaban J connectivity index is 1.46. The smallest absolute Gasteiger partial charge is 0.374 e. The number of hydrogen-bond acceptors (Lipinski definition) is 9. The van der Waals surface area contributed by atoms with Gasteiger partial charge in [0.1, 0.15) is 11.2 Å². The molecule has 11 nitrogen and oxygen atoms in total. The van der Waals surface area contributed by atoms with E-state index in [9.17, 15) is 4.79 Å². The van der Waals surface area contributed by atoms with E-state index < -0.39 is 5.76 Å². The number of aromatic amines is 1. The number of morpholine rings is 1. The van der Waals surface area contributed by atoms with Gasteiger partial charge in [-0.05, 0) is 56.9 Å². The number of ether oxygens (including phenoxy) is 1. The maximum Gasteiger partial charge on any atom is 0.439 e. The molecule has 3 aliphatic rings. The van der Waals surface area contributed by atoms with Crippen LogP contribution in [0.5, 0.6) is 0 Å². The summed E-state index contributed by atoms with van der Waals surface area (Å²) in [6.07, 6.45) is 11.6. The van der Waals surface area contributed by atoms with Crippen molar-refractivity contribution >= 4 is 28.7 Å². The molecule has 1 saturated heterocycles. The fourth-order valence-corrected chi connectivity index (χ4v) is 6.95. The van der Waals surface area contributed by atoms with Gasteiger partial charge in [0, 0.05) is 24.5 Å². The predicted octanol–water partition coefficient (Wildman–Crippen LogP) is 4.86. The summed E-state index contributed by atoms with van der Waals surface area (Å²) in [6, 6.07) is 2.27. The second kappa shape index (κ2) is 10.3. The van der Waals surface area contributed by atoms with Gasteiger partial charge in [0.15, 0.2) is 5.65 Å². The minimum Gasteiger partial charge on any atom is -0.374 e. The van der Waals surface area contributed by atoms with Crippen LogP contribution in [-0.4, -0.2) is 59.4 Å². The first kappa shape index (κ1) is 25.6. The maximum absolute atomic E-state index is 11.8. The highest BCUT2D eigenvalue weighted by molar-refractivity contribution is 6.30. The first-order chi connectivity index (χ1) is 19.4. The molecule has 5 heterocycles. The molecule has 0 bridgehead atoms. The molecule has 2 aliphatic carbocycles. The summed E-state index contributed by atoms with van der Waals surface area (Å²) in [6.45, 7) is 6.04. The van der Waals surface area contributed by atoms with Crippen molar-refractivity contribution in [2.24, 2.45) is 11.8 Å². The van der Waals surface area contributed by atoms with Crippen LogP contribution in [-0.2, 0) is 11.3 Å². The Kier molecular flexibility index (Phi) is 6.58. The maximum atomic E-state index is 11.8. The summed E-state index contributed by atoms with van der Waals surface area (Å²) < 4.78 is 13.3. The Morgan fingerprint density at radius 3 is 2.70 bits per heavy atom. The van der Waals surface area contributed by atoms with Gasteiger partial charge in [-0.2, -0.15) is 4.98 Å². The van der Waals surface area contributed by atoms with E-state index in [1.165, 1.54) is 25.7 Å². The zero-order chi connectivity index (χ0) is 27.4. The molecule has 1 aliphatic heterocycles. The number of nitrogens with zero attached hydrogens (tertiary/aromatic N) is 7. The van der Waals surface area contributed by atoms with Gasteiger partial charge in [-0.1, -0.05) is 36.5 Å². The summed E-state index contributed by atoms with van der Waals surface area (Å²) in [4.78, 5) is 36.1. The molecule has 7 rings (SSSR count). The van der Waals surface area contributed by atoms with E-state index in [0.717, 1.165) is 48.8 Å². The molecule has 3 fully saturated rings. The second-order valence-electron chi connectivity index (χ2n) is 11.7. The number of nitrogens with one attached hydrogen (secondary N) is 1. The largest absolute Gasteiger partial charge is 0.439 e. The molecule has 0 aromatic carbocycles. The Hall–Kier alpha value is -3.31. The van der Waals surface area contributed by atoms with Gasteiger partial charge in [-0.15, -0.1) is 0 Å². The van der Waals surface area contributed by atoms with Crippen LogP contribution in [0, 0.1) is 11.8 Å². The highest BCUT2D eigenvalue weighted by Gasteiger charge is 2.42. The SMILES string of the molecule is CC1CO[C@@H]2CCC[C@H]2N1c1nc2nc(-c3noc(=O)[nH]3)nc(-c3cncc(Cl)c3)c2n1C[C@H]1CC[C@H](C)CC1. The zero-order valence-corrected chi connectivity index (χ0v) is 23.5. The van der Waals surface area contributed by atoms with E-state index in [0.29, 0.717) is 28.9 Å². The number of anilines is 1. The Morgan fingerprint density at radius 1 is 1.07 bits per heavy atom. The van der Waals surface area contributed by atoms with Crippen LogP contribution in [0.2, 0.25) is 5.02 Å². The number of rotatable bonds is 5. The Morgan fingerprint density at radius 2 is 1.93 bits per heavy atom. The van der Waals surface area contributed by atoms with Crippen LogP contribution in [0.25, 0.3) is 34.1 Å². The van der Waals surface area contributed by atoms with Gasteiger partial charge < -0.3 is 14.2 Å². The number of hydrogen-bond donors (Lipinski definition) is 1. The van der Waals surface area contributed by atoms with Gasteiger partial charge in [-0.3, -0.25) is 14.5 Å². The molecule has 4 aromatic heterocycles. The lowest BCUT2D eigenvalue weighted by atomic mass is 9.83. The normalized spacial score (nSPS) is 26.9. The lowest BCUT2D eigenvalue weighted by Crippen LogP contribution is -2.54. The third kappa shape index (κ3) is 4.58. The molecule has 2 saturated carbocycles. The topological polar surface area (TPSA) is 128 Å². The van der Waals surface area contributed by atoms with Crippen molar-refractivity contribution in [2.75, 3.05) is 11.5 Å². The summed E-state index contributed by atoms with van der Waals surface area (Å²) in [5.74, 6) is 1.90. The van der Waals surface area contributed by atoms with Crippen LogP contribution in [0.4, 0.5) is 5.95 Å². The van der Waals surface area contributed by atoms with Gasteiger partial charge in [0.05, 0.1) is 29.8 Å². The molecular weight excluding hydrogens is 532 g/mol. The van der Waals surface area contributed by atoms with Gasteiger partial charge in [0.25, 0.3) is 0 Å². The molecule has 210 valence electrons. The molecule has 0 amide bonds. The highest BCUT2D eigenvalue weighted by Crippen LogP contribution is 2.40. The second-order valence-corrected chi connectivity index (χ2v) is 12.1. The minimum absolute atomic E-state index is 0.149. The number of imidazole rings is 1. The first-order valence-electron chi connectivity index (χ1n) is 14.3. The van der Waals surface area contributed by atoms with E-state index in [1.54, 1.807) is 12.4 Å². The predicted molar refractivity (Wildman–Crippen MR) is 150 cm³/mol. The van der Waals surface area contributed by atoms with E-state index >= 15 is 0 Å². The average Bonchev–Trinajstić information content (AvgIpc) is 3.68. The van der Waals surface area contributed by atoms with E-state index in [2.05, 4.69) is 38.4 Å². The summed E-state index contributed by atoms with van der Waals surface area (Å²) in [7, 11) is 0. The molecule has 1 N–H and O–H groups in total. The third-order valence-electron chi connectivity index (χ3n) is 8.82. The van der Waals surface area contributed by atoms with E-state index in [4.69, 9.17) is 35.8 Å². The van der Waals surface area contributed by atoms with E-state index in [1.807, 2.05) is 6.07 Å². The molecule has 40 heavy (non-hydrogen) atoms. The zero-order valence-electron chi connectivity index (χ0n) is 22.7. The van der Waals surface area contributed by atoms with Crippen molar-refractivity contribution in [3.05, 3.63) is 34.0 Å². The molecule has 1 unspecified atom stereocenters. The number of fused-ring (bicyclic) bond motifs is 2. The number of halogens is 1. The average molecular weight is 565 g/mol. The number of pyridine rings is 1. The Bertz CT molecular complexity index is 1590. The molecule has 12 heteroatoms. The monoisotopic (exact) mass is 564 g/mol. The Labute approximate surface area is 236 Å². The summed E-state index contributed by atoms with van der Waals surface area (Å²) in [5.41, 5.74) is 2.76. The fraction of sp³-hybridized carbons (Fsp3) is 0.571. The first-order valence-corrected chi connectivity index (χ1v) is 14.7. The third-order valence-corrected chi connectivity index (χ3v) is 9.03. The van der Waals surface area contributed by atoms with Crippen molar-refractivity contribution in [3.8, 4) is 22.9 Å². The molecular formula is C28H33ClN8O3. The van der Waals surface area contributed by atoms with Crippen LogP contribution in [0.15, 0.2) is 27.8 Å². The number of aromatic nitrogens is 7. The summed E-state index contributed by atoms with van der Waals surface area (Å²) >= 11 is 6.40. The van der Waals surface area contributed by atoms with Crippen molar-refractivity contribution in [3.63, 3.8) is 0 Å². The van der Waals surface area contributed by atoms with Crippen LogP contribution >= 0.6 is 11.6 Å². The highest BCUT2D eigenvalue weighted by atomic mass is 35.5. The minimum atomic E-state index is -0.670. The van der Waals surface area contributed by atoms with Crippen LogP contribution in [0.1, 0.15) is 58.8 Å². The van der Waals surface area contributed by atoms with Gasteiger partial charge in [-0.25, -0.2) is 14.8 Å². The van der Waals surface area contributed by atoms with Crippen LogP contribution < -0.4 is 10.7 Å². The quantitative estimate of drug-likeness (QED) is 0.361. The molecule has 4 aromatic rings. The fourth-order valence-electron chi connectivity index (χ4n) is 6.77. The van der Waals surface area contributed by atoms with E-state index in [-0.39, 0.29) is 29.8 Å². The lowest BCUT2D eigenvalue weighted by molar-refractivity contribution is 0.00642. The van der Waals surface area contributed by atoms with Crippen molar-refractivity contribution in [2.45, 2.75) is 83.5 Å². The molecule has 0 spiro atoms. The lowest BCUT2D eigenvalue weighted by Gasteiger charge is -2.43. The molecule has 3 atom stereocenters. The van der Waals surface area contributed by atoms with Gasteiger partial charge in [0.2, 0.25) is 17.6 Å². The number of H-pyrrole nitrogens is 1. The van der Waals surface area contributed by atoms with Gasteiger partial charge >= 0.3 is 5.76 Å². The molecule has 0 radical (unpaired) electrons. The summed E-state index contributed by atoms with van der Waals surface area (Å²) in [5, 5.41) is 4.35. The van der Waals surface area contributed by atoms with Crippen LogP contribution in [0.3, 0.4) is 0 Å². The standard InChI is InChI=1S/C28H33ClN8O3/c1-15-6-8-17(9-7-15)13-36-23-22(18-10-19(29)12-30-11-18)31-25(26-34-28(38)40-35-26)32-24(23)33-27(36)37-16(2)14-39-21-5-3-4-20(21)37/h10-12,15-17,20-21H,3-9,13-14H2,1-2H3,(H,34,35,38)/t15-,16?,17-,20-,21-/m1/s1.